The molecule has 0 atom stereocenters. The van der Waals surface area contributed by atoms with Gasteiger partial charge in [0.25, 0.3) is 0 Å². The monoisotopic (exact) mass is 926 g/mol. The molecule has 60 heavy (non-hydrogen) atoms. The van der Waals surface area contributed by atoms with E-state index in [2.05, 4.69) is 96.0 Å². The molecule has 0 bridgehead atoms. The van der Waals surface area contributed by atoms with Crippen molar-refractivity contribution in [2.75, 3.05) is 91.8 Å². The lowest BCUT2D eigenvalue weighted by molar-refractivity contribution is 0.115. The molecule has 3 fully saturated rings. The van der Waals surface area contributed by atoms with Gasteiger partial charge in [0.05, 0.1) is 34.9 Å². The minimum atomic E-state index is -0.323. The van der Waals surface area contributed by atoms with Crippen molar-refractivity contribution in [2.45, 2.75) is 51.7 Å². The third-order valence-corrected chi connectivity index (χ3v) is 19.0. The summed E-state index contributed by atoms with van der Waals surface area (Å²) < 4.78 is 21.8. The molecule has 7 heterocycles. The lowest BCUT2D eigenvalue weighted by Crippen LogP contribution is -2.57. The minimum absolute atomic E-state index is 0.323. The van der Waals surface area contributed by atoms with E-state index < -0.39 is 0 Å². The van der Waals surface area contributed by atoms with Gasteiger partial charge in [0.1, 0.15) is 0 Å². The van der Waals surface area contributed by atoms with Crippen molar-refractivity contribution in [1.82, 2.24) is 47.5 Å². The van der Waals surface area contributed by atoms with E-state index in [4.69, 9.17) is 58.3 Å². The van der Waals surface area contributed by atoms with Gasteiger partial charge in [-0.3, -0.25) is 36.8 Å². The van der Waals surface area contributed by atoms with E-state index in [0.717, 1.165) is 151 Å². The minimum Gasteiger partial charge on any atom is -0.377 e. The molecule has 0 amide bonds. The number of thiocarbonyl (C=S) groups is 4. The number of hydrogen-bond acceptors (Lipinski definition) is 8. The van der Waals surface area contributed by atoms with Gasteiger partial charge >= 0.3 is 0 Å². The van der Waals surface area contributed by atoms with Gasteiger partial charge in [-0.2, -0.15) is 0 Å². The number of nitrogens with one attached hydrogen (secondary N) is 2. The van der Waals surface area contributed by atoms with Crippen LogP contribution in [0.15, 0.2) is 60.7 Å². The van der Waals surface area contributed by atoms with E-state index in [9.17, 15) is 0 Å². The van der Waals surface area contributed by atoms with Crippen LogP contribution in [0, 0.1) is 11.8 Å². The Morgan fingerprint density at radius 2 is 0.817 bits per heavy atom. The maximum Gasteiger partial charge on any atom is 0.188 e. The summed E-state index contributed by atoms with van der Waals surface area (Å²) in [6, 6.07) is 20.8. The molecule has 0 saturated carbocycles. The van der Waals surface area contributed by atoms with Crippen molar-refractivity contribution in [3.8, 4) is 0 Å². The summed E-state index contributed by atoms with van der Waals surface area (Å²) in [5.74, 6) is 0.988. The average molecular weight is 927 g/mol. The van der Waals surface area contributed by atoms with E-state index in [0.29, 0.717) is 25.0 Å². The van der Waals surface area contributed by atoms with E-state index in [1.807, 2.05) is 12.1 Å². The molecule has 3 saturated heterocycles. The van der Waals surface area contributed by atoms with Crippen molar-refractivity contribution in [3.63, 3.8) is 0 Å². The van der Waals surface area contributed by atoms with Crippen LogP contribution in [0.3, 0.4) is 0 Å². The van der Waals surface area contributed by atoms with Crippen LogP contribution in [0.1, 0.15) is 49.7 Å². The lowest BCUT2D eigenvalue weighted by Gasteiger charge is -2.41. The molecule has 7 aliphatic heterocycles. The molecular weight excluding hydrogens is 869 g/mol. The Morgan fingerprint density at radius 3 is 1.15 bits per heavy atom. The normalized spacial score (nSPS) is 23.9. The second kappa shape index (κ2) is 19.9. The highest BCUT2D eigenvalue weighted by Gasteiger charge is 2.52. The Balaban J connectivity index is 0.798. The second-order valence-corrected chi connectivity index (χ2v) is 21.4. The lowest BCUT2D eigenvalue weighted by atomic mass is 9.99. The molecule has 324 valence electrons. The van der Waals surface area contributed by atoms with Gasteiger partial charge in [-0.05, 0) is 97.5 Å². The Hall–Kier alpha value is -2.52. The van der Waals surface area contributed by atoms with Gasteiger partial charge in [0.15, 0.2) is 30.7 Å². The van der Waals surface area contributed by atoms with Crippen molar-refractivity contribution < 1.29 is 9.47 Å². The number of ether oxygens (including phenoxy) is 2. The largest absolute Gasteiger partial charge is 0.377 e. The van der Waals surface area contributed by atoms with Crippen LogP contribution in [-0.4, -0.2) is 159 Å². The summed E-state index contributed by atoms with van der Waals surface area (Å²) in [4.78, 5) is 9.66. The smallest absolute Gasteiger partial charge is 0.188 e. The fourth-order valence-electron chi connectivity index (χ4n) is 9.12. The molecule has 0 unspecified atom stereocenters. The van der Waals surface area contributed by atoms with E-state index in [1.54, 1.807) is 0 Å². The van der Waals surface area contributed by atoms with Crippen LogP contribution in [0.2, 0.25) is 0 Å². The van der Waals surface area contributed by atoms with Crippen LogP contribution in [-0.2, 0) is 22.7 Å². The highest BCUT2D eigenvalue weighted by atomic mass is 32.2. The number of unbranched alkanes of at least 4 members (excludes halogenated alkanes) is 2. The Labute approximate surface area is 382 Å². The molecular formula is C42H58N10O2S6. The van der Waals surface area contributed by atoms with Crippen molar-refractivity contribution in [1.29, 1.82) is 0 Å². The van der Waals surface area contributed by atoms with E-state index in [1.165, 1.54) is 21.4 Å². The number of nitrogens with zero attached hydrogens (tertiary/aromatic N) is 8. The Kier molecular flexibility index (Phi) is 14.2. The van der Waals surface area contributed by atoms with Crippen LogP contribution in [0.25, 0.3) is 0 Å². The predicted octanol–water partition coefficient (Wildman–Crippen LogP) is 5.20. The zero-order valence-corrected chi connectivity index (χ0v) is 39.2. The maximum atomic E-state index is 6.28. The van der Waals surface area contributed by atoms with Gasteiger partial charge in [-0.25, -0.2) is 0 Å². The van der Waals surface area contributed by atoms with Crippen LogP contribution in [0.4, 0.5) is 0 Å². The highest BCUT2D eigenvalue weighted by Crippen LogP contribution is 2.46. The first-order valence-electron chi connectivity index (χ1n) is 21.7. The number of benzene rings is 2. The van der Waals surface area contributed by atoms with Gasteiger partial charge in [-0.15, -0.1) is 0 Å². The Bertz CT molecular complexity index is 1760. The number of rotatable bonds is 14. The summed E-state index contributed by atoms with van der Waals surface area (Å²) in [6.07, 6.45) is 6.65. The molecule has 18 heteroatoms. The third kappa shape index (κ3) is 8.97. The maximum absolute atomic E-state index is 6.28. The van der Waals surface area contributed by atoms with E-state index in [-0.39, 0.29) is 21.7 Å². The molecule has 0 radical (unpaired) electrons. The van der Waals surface area contributed by atoms with Crippen LogP contribution < -0.4 is 10.6 Å². The van der Waals surface area contributed by atoms with Crippen molar-refractivity contribution in [2.24, 2.45) is 11.8 Å². The van der Waals surface area contributed by atoms with Gasteiger partial charge < -0.3 is 20.1 Å². The molecule has 2 N–H and O–H groups in total. The summed E-state index contributed by atoms with van der Waals surface area (Å²) in [6.45, 7) is 13.4. The summed E-state index contributed by atoms with van der Waals surface area (Å²) in [5, 5.41) is 13.9. The fraction of sp³-hybridized carbons (Fsp3) is 0.571. The van der Waals surface area contributed by atoms with Crippen molar-refractivity contribution >= 4 is 101 Å². The van der Waals surface area contributed by atoms with Gasteiger partial charge in [0, 0.05) is 91.8 Å². The first kappa shape index (κ1) is 42.8. The van der Waals surface area contributed by atoms with Gasteiger partial charge in [-0.1, -0.05) is 73.5 Å². The standard InChI is InChI=1S/C42H58N10O2S6/c55-37-45-27-35(15-7-9-25-53-31-33-11-3-1-4-12-33)28-46-38(56)50-22-18-44-20-24-52-40(58)48-30-36(16-8-10-26-54-32-34-13-5-2-6-14-34)29-47-39(57)51(60(52)42(47)48)23-19-43-17-21-49(37)59(50)41(45)46/h1-6,11-14,35-36,43-44H,7-10,15-32H2. The van der Waals surface area contributed by atoms with Crippen LogP contribution >= 0.6 is 70.6 Å². The topological polar surface area (TPSA) is 68.4 Å². The summed E-state index contributed by atoms with van der Waals surface area (Å²) in [5.41, 5.74) is 2.45. The summed E-state index contributed by atoms with van der Waals surface area (Å²) in [7, 11) is -0.647. The molecule has 7 aliphatic rings. The third-order valence-electron chi connectivity index (χ3n) is 12.1. The van der Waals surface area contributed by atoms with Crippen LogP contribution in [0.5, 0.6) is 0 Å². The first-order chi connectivity index (χ1) is 29.5. The fourth-order valence-corrected chi connectivity index (χ4v) is 15.9. The highest BCUT2D eigenvalue weighted by molar-refractivity contribution is 8.15. The van der Waals surface area contributed by atoms with Gasteiger partial charge in [0.2, 0.25) is 0 Å². The Morgan fingerprint density at radius 1 is 0.483 bits per heavy atom. The molecule has 0 spiro atoms. The average Bonchev–Trinajstić information content (AvgIpc) is 3.91. The zero-order valence-electron chi connectivity index (χ0n) is 34.3. The van der Waals surface area contributed by atoms with Crippen molar-refractivity contribution in [3.05, 3.63) is 71.8 Å². The number of hydrogen-bond donors (Lipinski definition) is 2. The second-order valence-electron chi connectivity index (χ2n) is 16.4. The molecule has 2 aromatic rings. The quantitative estimate of drug-likeness (QED) is 0.193. The molecule has 9 rings (SSSR count). The predicted molar refractivity (Wildman–Crippen MR) is 262 cm³/mol. The zero-order chi connectivity index (χ0) is 41.0. The first-order valence-corrected chi connectivity index (χ1v) is 25.6. The SMILES string of the molecule is S=C1N2CC(CCCCOCc3ccccc3)CN3C(=S)N4CCNCCN5C(=S)N6CC(CCCCOCc7ccccc7)CN7C(=S)N(CCNCCN1S4=C23)S5=C76. The van der Waals surface area contributed by atoms with E-state index >= 15 is 0 Å². The molecule has 0 aromatic heterocycles. The molecule has 12 nitrogen and oxygen atoms in total. The summed E-state index contributed by atoms with van der Waals surface area (Å²) >= 11 is 25.1. The molecule has 2 aromatic carbocycles. The molecule has 0 aliphatic carbocycles.